The highest BCUT2D eigenvalue weighted by Crippen LogP contribution is 2.30. The van der Waals surface area contributed by atoms with E-state index in [1.807, 2.05) is 42.5 Å². The summed E-state index contributed by atoms with van der Waals surface area (Å²) < 4.78 is 0. The van der Waals surface area contributed by atoms with E-state index in [-0.39, 0.29) is 11.3 Å². The molecule has 3 rings (SSSR count). The Bertz CT molecular complexity index is 825. The lowest BCUT2D eigenvalue weighted by Crippen LogP contribution is -2.18. The van der Waals surface area contributed by atoms with Gasteiger partial charge in [-0.25, -0.2) is 0 Å². The van der Waals surface area contributed by atoms with Gasteiger partial charge < -0.3 is 10.3 Å². The Balaban J connectivity index is 1.96. The van der Waals surface area contributed by atoms with Gasteiger partial charge >= 0.3 is 0 Å². The maximum Gasteiger partial charge on any atom is 0.257 e. The monoisotopic (exact) mass is 292 g/mol. The molecule has 0 saturated heterocycles. The number of fused-ring (bicyclic) bond motifs is 1. The summed E-state index contributed by atoms with van der Waals surface area (Å²) in [5.41, 5.74) is 3.61. The fourth-order valence-electron chi connectivity index (χ4n) is 2.70. The van der Waals surface area contributed by atoms with E-state index in [1.54, 1.807) is 6.20 Å². The molecule has 0 radical (unpaired) electrons. The van der Waals surface area contributed by atoms with Gasteiger partial charge in [-0.3, -0.25) is 4.79 Å². The van der Waals surface area contributed by atoms with E-state index < -0.39 is 0 Å². The number of hydrogen-bond acceptors (Lipinski definition) is 1. The molecule has 1 heterocycles. The highest BCUT2D eigenvalue weighted by molar-refractivity contribution is 6.13. The molecule has 2 N–H and O–H groups in total. The van der Waals surface area contributed by atoms with Crippen LogP contribution >= 0.6 is 0 Å². The summed E-state index contributed by atoms with van der Waals surface area (Å²) in [5.74, 6) is -0.0887. The predicted octanol–water partition coefficient (Wildman–Crippen LogP) is 4.72. The summed E-state index contributed by atoms with van der Waals surface area (Å²) in [6, 6.07) is 15.8. The first-order valence-electron chi connectivity index (χ1n) is 7.44. The van der Waals surface area contributed by atoms with Crippen molar-refractivity contribution in [3.8, 4) is 0 Å². The van der Waals surface area contributed by atoms with Crippen LogP contribution in [0.15, 0.2) is 54.7 Å². The first-order valence-corrected chi connectivity index (χ1v) is 7.44. The van der Waals surface area contributed by atoms with Crippen LogP contribution in [0.4, 0.5) is 5.69 Å². The van der Waals surface area contributed by atoms with Gasteiger partial charge in [0.2, 0.25) is 0 Å². The zero-order chi connectivity index (χ0) is 15.7. The van der Waals surface area contributed by atoms with Crippen LogP contribution in [0.2, 0.25) is 0 Å². The van der Waals surface area contributed by atoms with Crippen molar-refractivity contribution in [1.29, 1.82) is 0 Å². The Morgan fingerprint density at radius 3 is 2.45 bits per heavy atom. The van der Waals surface area contributed by atoms with Crippen molar-refractivity contribution in [2.45, 2.75) is 26.2 Å². The molecule has 0 spiro atoms. The molecule has 0 saturated carbocycles. The average molecular weight is 292 g/mol. The number of nitrogens with one attached hydrogen (secondary N) is 2. The van der Waals surface area contributed by atoms with Crippen molar-refractivity contribution in [3.05, 3.63) is 65.9 Å². The normalized spacial score (nSPS) is 11.6. The molecule has 0 aliphatic carbocycles. The third kappa shape index (κ3) is 2.62. The summed E-state index contributed by atoms with van der Waals surface area (Å²) >= 11 is 0. The zero-order valence-electron chi connectivity index (χ0n) is 13.1. The van der Waals surface area contributed by atoms with Crippen molar-refractivity contribution in [1.82, 2.24) is 4.98 Å². The van der Waals surface area contributed by atoms with Gasteiger partial charge in [-0.1, -0.05) is 57.2 Å². The Labute approximate surface area is 130 Å². The number of carbonyl (C=O) groups is 1. The fourth-order valence-corrected chi connectivity index (χ4v) is 2.70. The molecule has 0 bridgehead atoms. The minimum absolute atomic E-state index is 0.0237. The van der Waals surface area contributed by atoms with E-state index in [0.717, 1.165) is 22.2 Å². The number of anilines is 1. The van der Waals surface area contributed by atoms with Crippen LogP contribution in [-0.4, -0.2) is 10.9 Å². The number of amides is 1. The molecular formula is C19H20N2O. The summed E-state index contributed by atoms with van der Waals surface area (Å²) in [6.07, 6.45) is 1.76. The molecule has 0 atom stereocenters. The molecule has 22 heavy (non-hydrogen) atoms. The van der Waals surface area contributed by atoms with Crippen LogP contribution in [0.1, 0.15) is 36.7 Å². The Morgan fingerprint density at radius 1 is 1.00 bits per heavy atom. The Hall–Kier alpha value is -2.55. The largest absolute Gasteiger partial charge is 0.360 e. The van der Waals surface area contributed by atoms with Crippen LogP contribution in [0.3, 0.4) is 0 Å². The second-order valence-electron chi connectivity index (χ2n) is 6.50. The summed E-state index contributed by atoms with van der Waals surface area (Å²) in [5, 5.41) is 3.99. The molecule has 0 unspecified atom stereocenters. The predicted molar refractivity (Wildman–Crippen MR) is 91.4 cm³/mol. The number of carbonyl (C=O) groups excluding carboxylic acids is 1. The number of para-hydroxylation sites is 2. The maximum atomic E-state index is 12.6. The van der Waals surface area contributed by atoms with Gasteiger partial charge in [-0.05, 0) is 23.1 Å². The van der Waals surface area contributed by atoms with Crippen LogP contribution in [0.25, 0.3) is 10.9 Å². The second kappa shape index (κ2) is 5.34. The molecule has 0 fully saturated rings. The average Bonchev–Trinajstić information content (AvgIpc) is 2.90. The van der Waals surface area contributed by atoms with Crippen molar-refractivity contribution in [2.75, 3.05) is 5.32 Å². The third-order valence-corrected chi connectivity index (χ3v) is 3.82. The van der Waals surface area contributed by atoms with Crippen LogP contribution < -0.4 is 5.32 Å². The zero-order valence-corrected chi connectivity index (χ0v) is 13.1. The van der Waals surface area contributed by atoms with E-state index in [2.05, 4.69) is 37.1 Å². The van der Waals surface area contributed by atoms with E-state index in [1.165, 1.54) is 0 Å². The van der Waals surface area contributed by atoms with Crippen molar-refractivity contribution in [2.24, 2.45) is 0 Å². The lowest BCUT2D eigenvalue weighted by Gasteiger charge is -2.22. The second-order valence-corrected chi connectivity index (χ2v) is 6.50. The molecule has 0 aliphatic heterocycles. The number of hydrogen-bond donors (Lipinski definition) is 2. The number of aromatic amines is 1. The molecule has 112 valence electrons. The molecule has 2 aromatic carbocycles. The lowest BCUT2D eigenvalue weighted by molar-refractivity contribution is 0.102. The molecule has 1 amide bonds. The minimum atomic E-state index is -0.0887. The minimum Gasteiger partial charge on any atom is -0.360 e. The van der Waals surface area contributed by atoms with E-state index in [0.29, 0.717) is 5.56 Å². The quantitative estimate of drug-likeness (QED) is 0.705. The van der Waals surface area contributed by atoms with Crippen molar-refractivity contribution >= 4 is 22.5 Å². The van der Waals surface area contributed by atoms with Gasteiger partial charge in [0.25, 0.3) is 5.91 Å². The highest BCUT2D eigenvalue weighted by Gasteiger charge is 2.19. The fraction of sp³-hybridized carbons (Fsp3) is 0.211. The molecule has 1 aromatic heterocycles. The van der Waals surface area contributed by atoms with Crippen LogP contribution in [-0.2, 0) is 5.41 Å². The van der Waals surface area contributed by atoms with Gasteiger partial charge in [-0.15, -0.1) is 0 Å². The molecule has 3 heteroatoms. The molecular weight excluding hydrogens is 272 g/mol. The van der Waals surface area contributed by atoms with E-state index >= 15 is 0 Å². The van der Waals surface area contributed by atoms with Crippen molar-refractivity contribution in [3.63, 3.8) is 0 Å². The van der Waals surface area contributed by atoms with Gasteiger partial charge in [0.15, 0.2) is 0 Å². The summed E-state index contributed by atoms with van der Waals surface area (Å²) in [7, 11) is 0. The number of H-pyrrole nitrogens is 1. The van der Waals surface area contributed by atoms with Gasteiger partial charge in [0, 0.05) is 22.8 Å². The van der Waals surface area contributed by atoms with Gasteiger partial charge in [0.1, 0.15) is 0 Å². The van der Waals surface area contributed by atoms with Crippen molar-refractivity contribution < 1.29 is 4.79 Å². The standard InChI is InChI=1S/C19H20N2O/c1-19(2,3)15-9-5-7-11-17(15)21-18(22)14-12-20-16-10-6-4-8-13(14)16/h4-12,20H,1-3H3,(H,21,22). The van der Waals surface area contributed by atoms with Gasteiger partial charge in [0.05, 0.1) is 5.56 Å². The Kier molecular flexibility index (Phi) is 3.49. The topological polar surface area (TPSA) is 44.9 Å². The number of benzene rings is 2. The first kappa shape index (κ1) is 14.4. The summed E-state index contributed by atoms with van der Waals surface area (Å²) in [4.78, 5) is 15.8. The van der Waals surface area contributed by atoms with Gasteiger partial charge in [-0.2, -0.15) is 0 Å². The molecule has 3 nitrogen and oxygen atoms in total. The highest BCUT2D eigenvalue weighted by atomic mass is 16.1. The molecule has 3 aromatic rings. The lowest BCUT2D eigenvalue weighted by atomic mass is 9.86. The Morgan fingerprint density at radius 2 is 1.68 bits per heavy atom. The SMILES string of the molecule is CC(C)(C)c1ccccc1NC(=O)c1c[nH]c2ccccc12. The smallest absolute Gasteiger partial charge is 0.257 e. The van der Waals surface area contributed by atoms with Crippen LogP contribution in [0.5, 0.6) is 0 Å². The maximum absolute atomic E-state index is 12.6. The number of rotatable bonds is 2. The molecule has 0 aliphatic rings. The summed E-state index contributed by atoms with van der Waals surface area (Å²) in [6.45, 7) is 6.43. The van der Waals surface area contributed by atoms with E-state index in [9.17, 15) is 4.79 Å². The number of aromatic nitrogens is 1. The third-order valence-electron chi connectivity index (χ3n) is 3.82. The first-order chi connectivity index (χ1) is 10.5. The van der Waals surface area contributed by atoms with E-state index in [4.69, 9.17) is 0 Å². The van der Waals surface area contributed by atoms with Crippen LogP contribution in [0, 0.1) is 0 Å².